The molecule has 5 heteroatoms. The average molecular weight is 222 g/mol. The van der Waals surface area contributed by atoms with Crippen LogP contribution in [-0.4, -0.2) is 35.7 Å². The summed E-state index contributed by atoms with van der Waals surface area (Å²) in [5, 5.41) is 2.70. The summed E-state index contributed by atoms with van der Waals surface area (Å²) in [5.74, 6) is -1.26. The van der Waals surface area contributed by atoms with Crippen LogP contribution in [0, 0.1) is 11.8 Å². The fourth-order valence-electron chi connectivity index (χ4n) is 2.42. The molecule has 2 rings (SSSR count). The van der Waals surface area contributed by atoms with Gasteiger partial charge in [0.2, 0.25) is 17.7 Å². The monoisotopic (exact) mass is 222 g/mol. The minimum atomic E-state index is -0.425. The van der Waals surface area contributed by atoms with Crippen LogP contribution in [0.5, 0.6) is 0 Å². The Hall–Kier alpha value is -1.65. The first-order valence-electron chi connectivity index (χ1n) is 5.27. The Morgan fingerprint density at radius 2 is 2.12 bits per heavy atom. The number of amides is 3. The van der Waals surface area contributed by atoms with Crippen LogP contribution in [-0.2, 0) is 14.4 Å². The van der Waals surface area contributed by atoms with Crippen LogP contribution < -0.4 is 5.32 Å². The molecule has 0 aromatic carbocycles. The van der Waals surface area contributed by atoms with Crippen molar-refractivity contribution in [2.45, 2.75) is 19.4 Å². The fraction of sp³-hybridized carbons (Fsp3) is 0.545. The average Bonchev–Trinajstić information content (AvgIpc) is 2.44. The van der Waals surface area contributed by atoms with Gasteiger partial charge in [-0.25, -0.2) is 0 Å². The van der Waals surface area contributed by atoms with Crippen molar-refractivity contribution < 1.29 is 14.4 Å². The second-order valence-electron chi connectivity index (χ2n) is 4.26. The molecule has 0 aromatic heterocycles. The van der Waals surface area contributed by atoms with Crippen molar-refractivity contribution >= 4 is 17.7 Å². The molecular formula is C11H14N2O3. The minimum Gasteiger partial charge on any atom is -0.349 e. The molecule has 16 heavy (non-hydrogen) atoms. The zero-order valence-electron chi connectivity index (χ0n) is 9.27. The maximum atomic E-state index is 11.9. The second kappa shape index (κ2) is 3.73. The Kier molecular flexibility index (Phi) is 2.53. The molecule has 86 valence electrons. The predicted molar refractivity (Wildman–Crippen MR) is 56.1 cm³/mol. The highest BCUT2D eigenvalue weighted by Crippen LogP contribution is 2.34. The van der Waals surface area contributed by atoms with Crippen LogP contribution in [0.25, 0.3) is 0 Å². The number of imide groups is 1. The Labute approximate surface area is 93.5 Å². The van der Waals surface area contributed by atoms with E-state index in [2.05, 4.69) is 5.32 Å². The lowest BCUT2D eigenvalue weighted by molar-refractivity contribution is -0.138. The van der Waals surface area contributed by atoms with Gasteiger partial charge in [0.1, 0.15) is 0 Å². The molecule has 5 nitrogen and oxygen atoms in total. The van der Waals surface area contributed by atoms with Crippen LogP contribution in [0.1, 0.15) is 13.3 Å². The van der Waals surface area contributed by atoms with E-state index in [1.54, 1.807) is 6.08 Å². The number of carbonyl (C=O) groups excluding carboxylic acids is 3. The van der Waals surface area contributed by atoms with Crippen molar-refractivity contribution in [3.63, 3.8) is 0 Å². The Morgan fingerprint density at radius 1 is 1.44 bits per heavy atom. The number of nitrogens with one attached hydrogen (secondary N) is 1. The lowest BCUT2D eigenvalue weighted by atomic mass is 9.81. The summed E-state index contributed by atoms with van der Waals surface area (Å²) in [4.78, 5) is 35.8. The van der Waals surface area contributed by atoms with Crippen molar-refractivity contribution in [2.24, 2.45) is 11.8 Å². The molecule has 1 saturated heterocycles. The van der Waals surface area contributed by atoms with Crippen LogP contribution in [0.3, 0.4) is 0 Å². The summed E-state index contributed by atoms with van der Waals surface area (Å²) in [5.41, 5.74) is 0. The summed E-state index contributed by atoms with van der Waals surface area (Å²) >= 11 is 0. The lowest BCUT2D eigenvalue weighted by Crippen LogP contribution is -2.44. The first-order valence-corrected chi connectivity index (χ1v) is 5.27. The number of allylic oxidation sites excluding steroid dienone is 1. The first kappa shape index (κ1) is 10.9. The predicted octanol–water partition coefficient (Wildman–Crippen LogP) is -0.318. The summed E-state index contributed by atoms with van der Waals surface area (Å²) in [6, 6.07) is -0.349. The van der Waals surface area contributed by atoms with Crippen molar-refractivity contribution in [1.82, 2.24) is 10.2 Å². The second-order valence-corrected chi connectivity index (χ2v) is 4.26. The van der Waals surface area contributed by atoms with E-state index in [0.29, 0.717) is 6.42 Å². The highest BCUT2D eigenvalue weighted by atomic mass is 16.2. The summed E-state index contributed by atoms with van der Waals surface area (Å²) in [6.45, 7) is 1.41. The van der Waals surface area contributed by atoms with E-state index in [1.807, 2.05) is 6.08 Å². The van der Waals surface area contributed by atoms with Crippen molar-refractivity contribution in [3.8, 4) is 0 Å². The quantitative estimate of drug-likeness (QED) is 0.488. The zero-order valence-corrected chi connectivity index (χ0v) is 9.27. The standard InChI is InChI=1S/C11H14N2O3/c1-6(14)12-8-5-3-4-7-9(8)11(16)13(2)10(7)15/h3,5,7-9H,4H2,1-2H3,(H,12,14)/t7-,8?,9-/m0/s1. The molecule has 1 aliphatic heterocycles. The molecule has 1 aliphatic carbocycles. The molecule has 2 aliphatic rings. The van der Waals surface area contributed by atoms with Gasteiger partial charge in [-0.05, 0) is 6.42 Å². The maximum Gasteiger partial charge on any atom is 0.235 e. The summed E-state index contributed by atoms with van der Waals surface area (Å²) in [7, 11) is 1.49. The molecule has 3 amide bonds. The molecule has 1 fully saturated rings. The largest absolute Gasteiger partial charge is 0.349 e. The van der Waals surface area contributed by atoms with Gasteiger partial charge >= 0.3 is 0 Å². The van der Waals surface area contributed by atoms with Gasteiger partial charge in [-0.15, -0.1) is 0 Å². The Balaban J connectivity index is 2.27. The molecule has 3 atom stereocenters. The van der Waals surface area contributed by atoms with Crippen molar-refractivity contribution in [1.29, 1.82) is 0 Å². The van der Waals surface area contributed by atoms with Gasteiger partial charge in [-0.3, -0.25) is 19.3 Å². The minimum absolute atomic E-state index is 0.144. The van der Waals surface area contributed by atoms with E-state index >= 15 is 0 Å². The van der Waals surface area contributed by atoms with E-state index < -0.39 is 5.92 Å². The summed E-state index contributed by atoms with van der Waals surface area (Å²) < 4.78 is 0. The number of hydrogen-bond acceptors (Lipinski definition) is 3. The third-order valence-electron chi connectivity index (χ3n) is 3.19. The number of likely N-dealkylation sites (tertiary alicyclic amines) is 1. The molecule has 0 bridgehead atoms. The lowest BCUT2D eigenvalue weighted by Gasteiger charge is -2.26. The normalized spacial score (nSPS) is 32.9. The van der Waals surface area contributed by atoms with Gasteiger partial charge in [0, 0.05) is 14.0 Å². The van der Waals surface area contributed by atoms with Gasteiger partial charge in [-0.1, -0.05) is 12.2 Å². The third kappa shape index (κ3) is 1.52. The van der Waals surface area contributed by atoms with Crippen LogP contribution in [0.4, 0.5) is 0 Å². The number of carbonyl (C=O) groups is 3. The number of rotatable bonds is 1. The number of fused-ring (bicyclic) bond motifs is 1. The van der Waals surface area contributed by atoms with Gasteiger partial charge in [0.15, 0.2) is 0 Å². The zero-order chi connectivity index (χ0) is 11.9. The molecule has 1 N–H and O–H groups in total. The first-order chi connectivity index (χ1) is 7.52. The maximum absolute atomic E-state index is 11.9. The van der Waals surface area contributed by atoms with Crippen LogP contribution >= 0.6 is 0 Å². The third-order valence-corrected chi connectivity index (χ3v) is 3.19. The van der Waals surface area contributed by atoms with Gasteiger partial charge < -0.3 is 5.32 Å². The van der Waals surface area contributed by atoms with Crippen molar-refractivity contribution in [2.75, 3.05) is 7.05 Å². The Morgan fingerprint density at radius 3 is 2.75 bits per heavy atom. The van der Waals surface area contributed by atoms with Crippen molar-refractivity contribution in [3.05, 3.63) is 12.2 Å². The van der Waals surface area contributed by atoms with E-state index in [-0.39, 0.29) is 29.7 Å². The van der Waals surface area contributed by atoms with Gasteiger partial charge in [0.05, 0.1) is 17.9 Å². The van der Waals surface area contributed by atoms with Crippen LogP contribution in [0.2, 0.25) is 0 Å². The summed E-state index contributed by atoms with van der Waals surface area (Å²) in [6.07, 6.45) is 4.23. The number of nitrogens with zero attached hydrogens (tertiary/aromatic N) is 1. The van der Waals surface area contributed by atoms with Crippen LogP contribution in [0.15, 0.2) is 12.2 Å². The highest BCUT2D eigenvalue weighted by molar-refractivity contribution is 6.05. The van der Waals surface area contributed by atoms with E-state index in [9.17, 15) is 14.4 Å². The molecular weight excluding hydrogens is 208 g/mol. The molecule has 0 spiro atoms. The van der Waals surface area contributed by atoms with E-state index in [1.165, 1.54) is 14.0 Å². The van der Waals surface area contributed by atoms with Gasteiger partial charge in [-0.2, -0.15) is 0 Å². The Bertz CT molecular complexity index is 389. The van der Waals surface area contributed by atoms with Gasteiger partial charge in [0.25, 0.3) is 0 Å². The van der Waals surface area contributed by atoms with E-state index in [0.717, 1.165) is 4.90 Å². The smallest absolute Gasteiger partial charge is 0.235 e. The fourth-order valence-corrected chi connectivity index (χ4v) is 2.42. The molecule has 0 radical (unpaired) electrons. The molecule has 1 unspecified atom stereocenters. The molecule has 0 saturated carbocycles. The number of hydrogen-bond donors (Lipinski definition) is 1. The highest BCUT2D eigenvalue weighted by Gasteiger charge is 2.49. The topological polar surface area (TPSA) is 66.5 Å². The molecule has 1 heterocycles. The molecule has 0 aromatic rings. The van der Waals surface area contributed by atoms with E-state index in [4.69, 9.17) is 0 Å². The SMILES string of the molecule is CC(=O)NC1C=CC[C@@H]2C(=O)N(C)C(=O)[C@H]12.